The SMILES string of the molecule is O=C(OCC(=O)N1CCCC1=O)c1cc2ccccc2[nH]1. The average Bonchev–Trinajstić information content (AvgIpc) is 3.10. The van der Waals surface area contributed by atoms with Crippen molar-refractivity contribution in [1.29, 1.82) is 0 Å². The van der Waals surface area contributed by atoms with E-state index in [4.69, 9.17) is 4.74 Å². The Hall–Kier alpha value is -2.63. The van der Waals surface area contributed by atoms with Gasteiger partial charge in [-0.25, -0.2) is 4.79 Å². The summed E-state index contributed by atoms with van der Waals surface area (Å²) >= 11 is 0. The highest BCUT2D eigenvalue weighted by atomic mass is 16.5. The molecule has 6 heteroatoms. The zero-order chi connectivity index (χ0) is 14.8. The molecule has 0 spiro atoms. The van der Waals surface area contributed by atoms with Crippen LogP contribution in [0.4, 0.5) is 0 Å². The number of rotatable bonds is 3. The Morgan fingerprint density at radius 1 is 1.29 bits per heavy atom. The molecule has 0 saturated carbocycles. The fourth-order valence-corrected chi connectivity index (χ4v) is 2.38. The number of carbonyl (C=O) groups is 3. The fraction of sp³-hybridized carbons (Fsp3) is 0.267. The van der Waals surface area contributed by atoms with E-state index in [1.165, 1.54) is 0 Å². The summed E-state index contributed by atoms with van der Waals surface area (Å²) < 4.78 is 4.97. The van der Waals surface area contributed by atoms with Crippen LogP contribution in [-0.2, 0) is 14.3 Å². The first kappa shape index (κ1) is 13.4. The van der Waals surface area contributed by atoms with Crippen molar-refractivity contribution in [3.05, 3.63) is 36.0 Å². The van der Waals surface area contributed by atoms with E-state index >= 15 is 0 Å². The van der Waals surface area contributed by atoms with E-state index in [0.29, 0.717) is 19.4 Å². The van der Waals surface area contributed by atoms with Gasteiger partial charge in [0.2, 0.25) is 5.91 Å². The van der Waals surface area contributed by atoms with E-state index in [1.807, 2.05) is 24.3 Å². The predicted molar refractivity (Wildman–Crippen MR) is 74.5 cm³/mol. The summed E-state index contributed by atoms with van der Waals surface area (Å²) in [6, 6.07) is 9.12. The molecule has 1 aromatic heterocycles. The number of aromatic amines is 1. The third kappa shape index (κ3) is 2.65. The van der Waals surface area contributed by atoms with E-state index in [-0.39, 0.29) is 11.6 Å². The van der Waals surface area contributed by atoms with Gasteiger partial charge in [0.15, 0.2) is 6.61 Å². The maximum absolute atomic E-state index is 11.9. The van der Waals surface area contributed by atoms with Crippen LogP contribution in [0, 0.1) is 0 Å². The molecule has 1 aromatic carbocycles. The van der Waals surface area contributed by atoms with Gasteiger partial charge in [0.25, 0.3) is 5.91 Å². The summed E-state index contributed by atoms with van der Waals surface area (Å²) in [5.41, 5.74) is 1.11. The molecule has 0 aliphatic carbocycles. The molecule has 108 valence electrons. The van der Waals surface area contributed by atoms with Crippen LogP contribution in [0.3, 0.4) is 0 Å². The number of benzene rings is 1. The number of nitrogens with zero attached hydrogens (tertiary/aromatic N) is 1. The maximum atomic E-state index is 11.9. The zero-order valence-electron chi connectivity index (χ0n) is 11.3. The lowest BCUT2D eigenvalue weighted by Gasteiger charge is -2.12. The normalized spacial score (nSPS) is 14.7. The molecular formula is C15H14N2O4. The Labute approximate surface area is 120 Å². The van der Waals surface area contributed by atoms with Crippen LogP contribution >= 0.6 is 0 Å². The highest BCUT2D eigenvalue weighted by molar-refractivity contribution is 5.99. The number of likely N-dealkylation sites (tertiary alicyclic amines) is 1. The summed E-state index contributed by atoms with van der Waals surface area (Å²) in [6.07, 6.45) is 1.04. The van der Waals surface area contributed by atoms with Crippen LogP contribution in [0.2, 0.25) is 0 Å². The second kappa shape index (κ2) is 5.40. The van der Waals surface area contributed by atoms with Crippen molar-refractivity contribution >= 4 is 28.7 Å². The summed E-state index contributed by atoms with van der Waals surface area (Å²) in [5, 5.41) is 0.894. The molecule has 1 saturated heterocycles. The Morgan fingerprint density at radius 2 is 2.10 bits per heavy atom. The van der Waals surface area contributed by atoms with Crippen LogP contribution in [-0.4, -0.2) is 40.8 Å². The molecule has 0 bridgehead atoms. The lowest BCUT2D eigenvalue weighted by molar-refractivity contribution is -0.143. The number of nitrogens with one attached hydrogen (secondary N) is 1. The van der Waals surface area contributed by atoms with Crippen molar-refractivity contribution < 1.29 is 19.1 Å². The first-order chi connectivity index (χ1) is 10.1. The van der Waals surface area contributed by atoms with Gasteiger partial charge in [0, 0.05) is 23.9 Å². The summed E-state index contributed by atoms with van der Waals surface area (Å²) in [4.78, 5) is 39.2. The van der Waals surface area contributed by atoms with Crippen molar-refractivity contribution in [2.24, 2.45) is 0 Å². The minimum atomic E-state index is -0.605. The maximum Gasteiger partial charge on any atom is 0.355 e. The van der Waals surface area contributed by atoms with E-state index in [0.717, 1.165) is 15.8 Å². The van der Waals surface area contributed by atoms with Crippen LogP contribution in [0.1, 0.15) is 23.3 Å². The molecule has 2 amide bonds. The van der Waals surface area contributed by atoms with E-state index in [2.05, 4.69) is 4.98 Å². The van der Waals surface area contributed by atoms with Gasteiger partial charge in [-0.1, -0.05) is 18.2 Å². The van der Waals surface area contributed by atoms with Crippen molar-refractivity contribution in [3.63, 3.8) is 0 Å². The number of hydrogen-bond acceptors (Lipinski definition) is 4. The number of fused-ring (bicyclic) bond motifs is 1. The van der Waals surface area contributed by atoms with Crippen LogP contribution < -0.4 is 0 Å². The minimum Gasteiger partial charge on any atom is -0.451 e. The van der Waals surface area contributed by atoms with Crippen molar-refractivity contribution in [1.82, 2.24) is 9.88 Å². The lowest BCUT2D eigenvalue weighted by atomic mass is 10.2. The molecule has 1 aliphatic heterocycles. The van der Waals surface area contributed by atoms with Gasteiger partial charge in [-0.05, 0) is 18.6 Å². The number of para-hydroxylation sites is 1. The molecule has 6 nitrogen and oxygen atoms in total. The van der Waals surface area contributed by atoms with Gasteiger partial charge >= 0.3 is 5.97 Å². The highest BCUT2D eigenvalue weighted by Gasteiger charge is 2.27. The van der Waals surface area contributed by atoms with E-state index < -0.39 is 18.5 Å². The molecule has 2 heterocycles. The molecule has 1 fully saturated rings. The number of imide groups is 1. The molecule has 0 unspecified atom stereocenters. The molecule has 1 N–H and O–H groups in total. The van der Waals surface area contributed by atoms with Crippen LogP contribution in [0.5, 0.6) is 0 Å². The number of H-pyrrole nitrogens is 1. The number of carbonyl (C=O) groups excluding carboxylic acids is 3. The third-order valence-corrected chi connectivity index (χ3v) is 3.45. The summed E-state index contributed by atoms with van der Waals surface area (Å²) in [5.74, 6) is -1.28. The minimum absolute atomic E-state index is 0.207. The third-order valence-electron chi connectivity index (χ3n) is 3.45. The Morgan fingerprint density at radius 3 is 2.81 bits per heavy atom. The number of hydrogen-bond donors (Lipinski definition) is 1. The molecule has 3 rings (SSSR count). The number of aromatic nitrogens is 1. The average molecular weight is 286 g/mol. The summed E-state index contributed by atoms with van der Waals surface area (Å²) in [6.45, 7) is -0.0124. The monoisotopic (exact) mass is 286 g/mol. The zero-order valence-corrected chi connectivity index (χ0v) is 11.3. The van der Waals surface area contributed by atoms with Crippen molar-refractivity contribution in [2.45, 2.75) is 12.8 Å². The topological polar surface area (TPSA) is 79.5 Å². The Kier molecular flexibility index (Phi) is 3.43. The standard InChI is InChI=1S/C15H14N2O4/c18-13-6-3-7-17(13)14(19)9-21-15(20)12-8-10-4-1-2-5-11(10)16-12/h1-2,4-5,8,16H,3,6-7,9H2. The van der Waals surface area contributed by atoms with E-state index in [1.54, 1.807) is 6.07 Å². The van der Waals surface area contributed by atoms with Gasteiger partial charge in [0.1, 0.15) is 5.69 Å². The second-order valence-corrected chi connectivity index (χ2v) is 4.89. The quantitative estimate of drug-likeness (QED) is 0.867. The van der Waals surface area contributed by atoms with Gasteiger partial charge < -0.3 is 9.72 Å². The largest absolute Gasteiger partial charge is 0.451 e. The number of esters is 1. The van der Waals surface area contributed by atoms with Crippen LogP contribution in [0.15, 0.2) is 30.3 Å². The number of amides is 2. The number of ether oxygens (including phenoxy) is 1. The van der Waals surface area contributed by atoms with Gasteiger partial charge in [-0.3, -0.25) is 14.5 Å². The molecule has 21 heavy (non-hydrogen) atoms. The second-order valence-electron chi connectivity index (χ2n) is 4.89. The van der Waals surface area contributed by atoms with Crippen molar-refractivity contribution in [3.8, 4) is 0 Å². The summed E-state index contributed by atoms with van der Waals surface area (Å²) in [7, 11) is 0. The van der Waals surface area contributed by atoms with Gasteiger partial charge in [0.05, 0.1) is 0 Å². The molecule has 0 radical (unpaired) electrons. The predicted octanol–water partition coefficient (Wildman–Crippen LogP) is 1.47. The first-order valence-electron chi connectivity index (χ1n) is 6.73. The lowest BCUT2D eigenvalue weighted by Crippen LogP contribution is -2.35. The molecule has 0 atom stereocenters. The van der Waals surface area contributed by atoms with Gasteiger partial charge in [-0.15, -0.1) is 0 Å². The Bertz CT molecular complexity index is 686. The fourth-order valence-electron chi connectivity index (χ4n) is 2.38. The van der Waals surface area contributed by atoms with Gasteiger partial charge in [-0.2, -0.15) is 0 Å². The first-order valence-corrected chi connectivity index (χ1v) is 6.73. The van der Waals surface area contributed by atoms with E-state index in [9.17, 15) is 14.4 Å². The molecule has 2 aromatic rings. The van der Waals surface area contributed by atoms with Crippen LogP contribution in [0.25, 0.3) is 10.9 Å². The van der Waals surface area contributed by atoms with Crippen molar-refractivity contribution in [2.75, 3.05) is 13.2 Å². The highest BCUT2D eigenvalue weighted by Crippen LogP contribution is 2.15. The smallest absolute Gasteiger partial charge is 0.355 e. The molecular weight excluding hydrogens is 272 g/mol. The molecule has 1 aliphatic rings. The Balaban J connectivity index is 1.63.